The molecule has 1 aromatic carbocycles. The minimum Gasteiger partial charge on any atom is -0.366 e. The molecule has 3 N–H and O–H groups in total. The summed E-state index contributed by atoms with van der Waals surface area (Å²) in [5.41, 5.74) is 1.57. The average Bonchev–Trinajstić information content (AvgIpc) is 3.22. The van der Waals surface area contributed by atoms with Crippen molar-refractivity contribution >= 4 is 17.8 Å². The van der Waals surface area contributed by atoms with E-state index in [-0.39, 0.29) is 30.3 Å². The van der Waals surface area contributed by atoms with Crippen molar-refractivity contribution in [3.05, 3.63) is 83.7 Å². The molecular weight excluding hydrogens is 411 g/mol. The first-order chi connectivity index (χ1) is 15.6. The normalized spacial score (nSPS) is 21.2. The van der Waals surface area contributed by atoms with Gasteiger partial charge in [0.1, 0.15) is 23.5 Å². The summed E-state index contributed by atoms with van der Waals surface area (Å²) in [6.45, 7) is 1.81. The van der Waals surface area contributed by atoms with Crippen molar-refractivity contribution < 1.29 is 14.0 Å². The molecule has 1 aromatic heterocycles. The van der Waals surface area contributed by atoms with Gasteiger partial charge in [0.15, 0.2) is 0 Å². The van der Waals surface area contributed by atoms with Crippen LogP contribution in [0.4, 0.5) is 15.0 Å². The number of pyridine rings is 1. The zero-order valence-corrected chi connectivity index (χ0v) is 17.3. The zero-order valence-electron chi connectivity index (χ0n) is 17.3. The molecule has 0 spiro atoms. The lowest BCUT2D eigenvalue weighted by atomic mass is 10.1. The second kappa shape index (κ2) is 8.33. The number of nitrogens with zero attached hydrogens (tertiary/aromatic N) is 3. The molecule has 3 amide bonds. The number of anilines is 1. The van der Waals surface area contributed by atoms with E-state index < -0.39 is 6.04 Å². The van der Waals surface area contributed by atoms with E-state index in [1.807, 2.05) is 6.08 Å². The van der Waals surface area contributed by atoms with Gasteiger partial charge in [0.2, 0.25) is 5.91 Å². The molecule has 9 heteroatoms. The second-order valence-corrected chi connectivity index (χ2v) is 7.97. The Bertz CT molecular complexity index is 1100. The molecule has 32 heavy (non-hydrogen) atoms. The van der Waals surface area contributed by atoms with E-state index in [9.17, 15) is 14.0 Å². The standard InChI is InChI=1S/C23H23FN6O2/c24-16-5-3-4-15(12-16)13-26-22(31)18-7-8-19-21(27-18)30(17-9-11-29(19)14-17)23(32)28-20-6-1-2-10-25-20/h1-8,10,12,17-18,27H,9,11,13-14H2,(H,26,31)(H,25,28,32)/t17-,18?/m0/s1. The lowest BCUT2D eigenvalue weighted by molar-refractivity contribution is -0.122. The number of carbonyl (C=O) groups is 2. The Kier molecular flexibility index (Phi) is 5.22. The highest BCUT2D eigenvalue weighted by Crippen LogP contribution is 2.33. The van der Waals surface area contributed by atoms with Crippen molar-refractivity contribution in [2.24, 2.45) is 0 Å². The summed E-state index contributed by atoms with van der Waals surface area (Å²) in [7, 11) is 0. The predicted molar refractivity (Wildman–Crippen MR) is 116 cm³/mol. The minimum atomic E-state index is -0.647. The van der Waals surface area contributed by atoms with Gasteiger partial charge in [-0.25, -0.2) is 14.2 Å². The lowest BCUT2D eigenvalue weighted by Gasteiger charge is -2.40. The highest BCUT2D eigenvalue weighted by Gasteiger charge is 2.42. The van der Waals surface area contributed by atoms with Gasteiger partial charge in [0.25, 0.3) is 0 Å². The maximum absolute atomic E-state index is 13.4. The number of hydrogen-bond donors (Lipinski definition) is 3. The van der Waals surface area contributed by atoms with Crippen LogP contribution in [0.2, 0.25) is 0 Å². The molecule has 1 saturated heterocycles. The van der Waals surface area contributed by atoms with Gasteiger partial charge in [0, 0.05) is 25.8 Å². The largest absolute Gasteiger partial charge is 0.366 e. The smallest absolute Gasteiger partial charge is 0.328 e. The van der Waals surface area contributed by atoms with Crippen molar-refractivity contribution in [1.29, 1.82) is 0 Å². The number of benzene rings is 1. The quantitative estimate of drug-likeness (QED) is 0.686. The van der Waals surface area contributed by atoms with E-state index in [4.69, 9.17) is 0 Å². The number of urea groups is 1. The lowest BCUT2D eigenvalue weighted by Crippen LogP contribution is -2.55. The highest BCUT2D eigenvalue weighted by molar-refractivity contribution is 5.91. The molecule has 3 aliphatic rings. The van der Waals surface area contributed by atoms with Crippen LogP contribution in [0.1, 0.15) is 12.0 Å². The molecule has 0 radical (unpaired) electrons. The van der Waals surface area contributed by atoms with Gasteiger partial charge in [0.05, 0.1) is 11.7 Å². The number of halogens is 1. The van der Waals surface area contributed by atoms with Crippen LogP contribution in [0.5, 0.6) is 0 Å². The Hall–Kier alpha value is -3.88. The summed E-state index contributed by atoms with van der Waals surface area (Å²) in [6.07, 6.45) is 6.14. The van der Waals surface area contributed by atoms with Crippen molar-refractivity contribution in [1.82, 2.24) is 25.4 Å². The maximum atomic E-state index is 13.4. The molecule has 2 aromatic rings. The van der Waals surface area contributed by atoms with Gasteiger partial charge >= 0.3 is 6.03 Å². The Morgan fingerprint density at radius 2 is 2.12 bits per heavy atom. The predicted octanol–water partition coefficient (Wildman–Crippen LogP) is 2.16. The van der Waals surface area contributed by atoms with E-state index in [0.29, 0.717) is 17.2 Å². The van der Waals surface area contributed by atoms with Crippen molar-refractivity contribution in [2.45, 2.75) is 25.0 Å². The Morgan fingerprint density at radius 1 is 1.22 bits per heavy atom. The van der Waals surface area contributed by atoms with Crippen LogP contribution in [0.25, 0.3) is 0 Å². The van der Waals surface area contributed by atoms with Crippen LogP contribution in [0.15, 0.2) is 72.3 Å². The fraction of sp³-hybridized carbons (Fsp3) is 0.261. The first-order valence-electron chi connectivity index (χ1n) is 10.6. The number of fused-ring (bicyclic) bond motifs is 3. The maximum Gasteiger partial charge on any atom is 0.328 e. The molecule has 4 heterocycles. The third-order valence-corrected chi connectivity index (χ3v) is 5.85. The Morgan fingerprint density at radius 3 is 2.94 bits per heavy atom. The number of hydrogen-bond acceptors (Lipinski definition) is 5. The van der Waals surface area contributed by atoms with Crippen LogP contribution in [0, 0.1) is 5.82 Å². The number of amides is 3. The number of dihydropyridines is 1. The number of allylic oxidation sites excluding steroid dienone is 1. The van der Waals surface area contributed by atoms with Crippen molar-refractivity contribution in [3.8, 4) is 0 Å². The summed E-state index contributed by atoms with van der Waals surface area (Å²) in [5.74, 6) is 0.481. The zero-order chi connectivity index (χ0) is 22.1. The van der Waals surface area contributed by atoms with E-state index in [0.717, 1.165) is 25.2 Å². The summed E-state index contributed by atoms with van der Waals surface area (Å²) in [6, 6.07) is 10.5. The molecule has 0 saturated carbocycles. The molecule has 5 rings (SSSR count). The van der Waals surface area contributed by atoms with Gasteiger partial charge in [-0.05, 0) is 42.3 Å². The second-order valence-electron chi connectivity index (χ2n) is 7.97. The van der Waals surface area contributed by atoms with Gasteiger partial charge in [-0.2, -0.15) is 0 Å². The summed E-state index contributed by atoms with van der Waals surface area (Å²) < 4.78 is 13.4. The van der Waals surface area contributed by atoms with E-state index in [1.54, 1.807) is 47.5 Å². The Labute approximate surface area is 184 Å². The fourth-order valence-corrected chi connectivity index (χ4v) is 4.31. The summed E-state index contributed by atoms with van der Waals surface area (Å²) in [4.78, 5) is 34.0. The van der Waals surface area contributed by atoms with Crippen molar-refractivity contribution in [2.75, 3.05) is 18.4 Å². The molecule has 1 unspecified atom stereocenters. The third-order valence-electron chi connectivity index (χ3n) is 5.85. The molecule has 164 valence electrons. The number of rotatable bonds is 4. The Balaban J connectivity index is 1.31. The third kappa shape index (κ3) is 3.89. The molecule has 2 bridgehead atoms. The molecule has 2 atom stereocenters. The monoisotopic (exact) mass is 434 g/mol. The number of carbonyl (C=O) groups excluding carboxylic acids is 2. The average molecular weight is 434 g/mol. The summed E-state index contributed by atoms with van der Waals surface area (Å²) >= 11 is 0. The minimum absolute atomic E-state index is 0.00691. The van der Waals surface area contributed by atoms with Crippen LogP contribution in [-0.4, -0.2) is 51.9 Å². The van der Waals surface area contributed by atoms with Gasteiger partial charge in [-0.1, -0.05) is 24.3 Å². The van der Waals surface area contributed by atoms with Gasteiger partial charge in [-0.15, -0.1) is 0 Å². The molecule has 0 aliphatic carbocycles. The van der Waals surface area contributed by atoms with Crippen molar-refractivity contribution in [3.63, 3.8) is 0 Å². The topological polar surface area (TPSA) is 89.6 Å². The number of aromatic nitrogens is 1. The molecular formula is C23H23FN6O2. The van der Waals surface area contributed by atoms with E-state index >= 15 is 0 Å². The molecule has 3 aliphatic heterocycles. The first-order valence-corrected chi connectivity index (χ1v) is 10.6. The van der Waals surface area contributed by atoms with Gasteiger partial charge < -0.3 is 15.5 Å². The fourth-order valence-electron chi connectivity index (χ4n) is 4.31. The molecule has 8 nitrogen and oxygen atoms in total. The van der Waals surface area contributed by atoms with E-state index in [2.05, 4.69) is 25.8 Å². The number of nitrogens with one attached hydrogen (secondary N) is 3. The van der Waals surface area contributed by atoms with Crippen LogP contribution in [0.3, 0.4) is 0 Å². The van der Waals surface area contributed by atoms with Crippen LogP contribution >= 0.6 is 0 Å². The van der Waals surface area contributed by atoms with Crippen LogP contribution < -0.4 is 16.0 Å². The first kappa shape index (κ1) is 20.0. The van der Waals surface area contributed by atoms with Gasteiger partial charge in [-0.3, -0.25) is 15.0 Å². The van der Waals surface area contributed by atoms with E-state index in [1.165, 1.54) is 12.1 Å². The highest BCUT2D eigenvalue weighted by atomic mass is 19.1. The SMILES string of the molecule is O=C(NCc1cccc(F)c1)C1C=CC2=C(N1)N(C(=O)Nc1ccccn1)[C@H]1CCN2C1. The summed E-state index contributed by atoms with van der Waals surface area (Å²) in [5, 5.41) is 8.91. The molecule has 1 fully saturated rings. The van der Waals surface area contributed by atoms with Crippen LogP contribution in [-0.2, 0) is 11.3 Å².